The molecule has 1 aliphatic carbocycles. The molecule has 2 aromatic carbocycles. The van der Waals surface area contributed by atoms with Crippen LogP contribution in [0.25, 0.3) is 5.57 Å². The smallest absolute Gasteiger partial charge is 0.348 e. The molecule has 0 saturated heterocycles. The van der Waals surface area contributed by atoms with E-state index in [1.165, 1.54) is 43.5 Å². The van der Waals surface area contributed by atoms with Crippen LogP contribution in [0, 0.1) is 12.3 Å². The van der Waals surface area contributed by atoms with Gasteiger partial charge in [-0.1, -0.05) is 101 Å². The second kappa shape index (κ2) is 17.9. The Bertz CT molecular complexity index is 1280. The highest BCUT2D eigenvalue weighted by Crippen LogP contribution is 2.32. The summed E-state index contributed by atoms with van der Waals surface area (Å²) < 4.78 is 17.4. The highest BCUT2D eigenvalue weighted by atomic mass is 16.6. The summed E-state index contributed by atoms with van der Waals surface area (Å²) in [7, 11) is 0. The highest BCUT2D eigenvalue weighted by Gasteiger charge is 2.40. The van der Waals surface area contributed by atoms with Crippen LogP contribution in [0.2, 0.25) is 0 Å². The molecule has 0 amide bonds. The fourth-order valence-electron chi connectivity index (χ4n) is 4.89. The number of ether oxygens (including phenoxy) is 3. The number of benzene rings is 2. The summed E-state index contributed by atoms with van der Waals surface area (Å²) in [6.07, 6.45) is 20.0. The van der Waals surface area contributed by atoms with E-state index in [1.54, 1.807) is 6.08 Å². The Hall–Kier alpha value is -3.95. The van der Waals surface area contributed by atoms with Crippen molar-refractivity contribution >= 4 is 23.3 Å². The van der Waals surface area contributed by atoms with E-state index in [0.29, 0.717) is 19.4 Å². The van der Waals surface area contributed by atoms with Crippen molar-refractivity contribution in [2.24, 2.45) is 0 Å². The summed E-state index contributed by atoms with van der Waals surface area (Å²) in [5.74, 6) is 0.602. The average Bonchev–Trinajstić information content (AvgIpc) is 3.04. The van der Waals surface area contributed by atoms with Gasteiger partial charge in [0.05, 0.1) is 5.56 Å². The van der Waals surface area contributed by atoms with Crippen LogP contribution in [0.4, 0.5) is 0 Å². The van der Waals surface area contributed by atoms with Crippen LogP contribution >= 0.6 is 0 Å². The van der Waals surface area contributed by atoms with Gasteiger partial charge < -0.3 is 14.2 Å². The topological polar surface area (TPSA) is 78.9 Å². The molecule has 43 heavy (non-hydrogen) atoms. The highest BCUT2D eigenvalue weighted by molar-refractivity contribution is 6.00. The zero-order valence-electron chi connectivity index (χ0n) is 25.5. The first-order valence-electron chi connectivity index (χ1n) is 15.5. The van der Waals surface area contributed by atoms with Crippen LogP contribution in [0.1, 0.15) is 100 Å². The van der Waals surface area contributed by atoms with Gasteiger partial charge in [0.2, 0.25) is 5.78 Å². The van der Waals surface area contributed by atoms with Crippen molar-refractivity contribution in [3.8, 4) is 18.1 Å². The molecule has 0 aliphatic heterocycles. The maximum Gasteiger partial charge on any atom is 0.348 e. The molecule has 6 heteroatoms. The second-order valence-corrected chi connectivity index (χ2v) is 10.9. The predicted molar refractivity (Wildman–Crippen MR) is 169 cm³/mol. The number of unbranched alkanes of at least 4 members (excludes halogenated alkanes) is 7. The molecule has 2 aromatic rings. The Labute approximate surface area is 256 Å². The third-order valence-electron chi connectivity index (χ3n) is 7.52. The molecule has 228 valence electrons. The van der Waals surface area contributed by atoms with Gasteiger partial charge in [0.15, 0.2) is 11.7 Å². The molecule has 0 aromatic heterocycles. The first-order chi connectivity index (χ1) is 20.9. The minimum Gasteiger partial charge on any atom is -0.450 e. The second-order valence-electron chi connectivity index (χ2n) is 10.9. The van der Waals surface area contributed by atoms with Gasteiger partial charge in [0, 0.05) is 13.0 Å². The van der Waals surface area contributed by atoms with Gasteiger partial charge in [0.25, 0.3) is 0 Å². The summed E-state index contributed by atoms with van der Waals surface area (Å²) in [4.78, 5) is 38.4. The van der Waals surface area contributed by atoms with E-state index in [2.05, 4.69) is 12.8 Å². The number of ketones is 1. The van der Waals surface area contributed by atoms with E-state index < -0.39 is 29.4 Å². The number of carbonyl (C=O) groups excluding carboxylic acids is 3. The lowest BCUT2D eigenvalue weighted by atomic mass is 9.89. The molecule has 0 fully saturated rings. The molecule has 0 spiro atoms. The fraction of sp³-hybridized carbons (Fsp3) is 0.432. The summed E-state index contributed by atoms with van der Waals surface area (Å²) in [5.41, 5.74) is 1.06. The van der Waals surface area contributed by atoms with Gasteiger partial charge in [-0.25, -0.2) is 9.59 Å². The van der Waals surface area contributed by atoms with Gasteiger partial charge in [-0.05, 0) is 66.7 Å². The number of allylic oxidation sites excluding steroid dienone is 2. The molecular weight excluding hydrogens is 540 g/mol. The summed E-state index contributed by atoms with van der Waals surface area (Å²) in [6, 6.07) is 16.1. The number of Topliss-reactive ketones (excluding diaryl/α,β-unsaturated/α-hetero) is 1. The Balaban J connectivity index is 1.66. The van der Waals surface area contributed by atoms with Crippen LogP contribution < -0.4 is 4.74 Å². The predicted octanol–water partition coefficient (Wildman–Crippen LogP) is 8.06. The van der Waals surface area contributed by atoms with Crippen LogP contribution in [0.3, 0.4) is 0 Å². The van der Waals surface area contributed by atoms with Crippen molar-refractivity contribution in [2.75, 3.05) is 6.61 Å². The largest absolute Gasteiger partial charge is 0.450 e. The lowest BCUT2D eigenvalue weighted by Gasteiger charge is -2.30. The number of hydrogen-bond acceptors (Lipinski definition) is 6. The maximum atomic E-state index is 13.6. The van der Waals surface area contributed by atoms with Gasteiger partial charge in [0.1, 0.15) is 5.75 Å². The molecule has 0 bridgehead atoms. The van der Waals surface area contributed by atoms with Crippen LogP contribution in [0.15, 0.2) is 72.8 Å². The zero-order valence-corrected chi connectivity index (χ0v) is 25.5. The van der Waals surface area contributed by atoms with Crippen LogP contribution in [0.5, 0.6) is 5.75 Å². The SMILES string of the molecule is C#CC(=O)C(CCCCC)OC(=O)c1ccc(OC(=O)C2(OCCCCCCCC)C=CC(c3ccccc3)=CC2)cc1. The summed E-state index contributed by atoms with van der Waals surface area (Å²) in [6.45, 7) is 4.68. The summed E-state index contributed by atoms with van der Waals surface area (Å²) in [5, 5.41) is 0. The average molecular weight is 585 g/mol. The number of terminal acetylenes is 1. The number of carbonyl (C=O) groups is 3. The van der Waals surface area contributed by atoms with E-state index in [-0.39, 0.29) is 11.3 Å². The first kappa shape index (κ1) is 33.6. The lowest BCUT2D eigenvalue weighted by molar-refractivity contribution is -0.156. The molecule has 2 unspecified atom stereocenters. The monoisotopic (exact) mass is 584 g/mol. The van der Waals surface area contributed by atoms with E-state index in [9.17, 15) is 14.4 Å². The van der Waals surface area contributed by atoms with E-state index >= 15 is 0 Å². The van der Waals surface area contributed by atoms with E-state index in [1.807, 2.05) is 49.4 Å². The molecule has 6 nitrogen and oxygen atoms in total. The Kier molecular flexibility index (Phi) is 14.0. The number of esters is 2. The van der Waals surface area contributed by atoms with Crippen molar-refractivity contribution in [1.82, 2.24) is 0 Å². The van der Waals surface area contributed by atoms with Crippen molar-refractivity contribution in [2.45, 2.75) is 96.2 Å². The van der Waals surface area contributed by atoms with Gasteiger partial charge >= 0.3 is 11.9 Å². The van der Waals surface area contributed by atoms with Crippen LogP contribution in [-0.2, 0) is 19.1 Å². The molecular formula is C37H44O6. The van der Waals surface area contributed by atoms with Gasteiger partial charge in [-0.15, -0.1) is 6.42 Å². The quantitative estimate of drug-likeness (QED) is 0.0580. The third-order valence-corrected chi connectivity index (χ3v) is 7.52. The Morgan fingerprint density at radius 3 is 2.21 bits per heavy atom. The normalized spacial score (nSPS) is 16.5. The molecule has 1 aliphatic rings. The van der Waals surface area contributed by atoms with Crippen molar-refractivity contribution < 1.29 is 28.6 Å². The molecule has 0 saturated carbocycles. The number of rotatable bonds is 18. The minimum absolute atomic E-state index is 0.229. The Morgan fingerprint density at radius 1 is 0.884 bits per heavy atom. The molecule has 0 N–H and O–H groups in total. The molecule has 3 rings (SSSR count). The standard InChI is InChI=1S/C37H44O6/c1-4-7-9-10-11-16-28-41-37(26-24-30(25-27-37)29-17-14-12-15-18-29)36(40)42-32-22-20-31(21-23-32)35(39)43-34(33(38)6-3)19-13-8-5-2/h3,12,14-15,17-18,20-26,34H,4-5,7-11,13,16,19,27-28H2,1-2H3. The fourth-order valence-corrected chi connectivity index (χ4v) is 4.89. The van der Waals surface area contributed by atoms with E-state index in [4.69, 9.17) is 20.6 Å². The molecule has 0 heterocycles. The molecule has 0 radical (unpaired) electrons. The number of hydrogen-bond donors (Lipinski definition) is 0. The Morgan fingerprint density at radius 2 is 1.56 bits per heavy atom. The van der Waals surface area contributed by atoms with Gasteiger partial charge in [-0.2, -0.15) is 0 Å². The van der Waals surface area contributed by atoms with Crippen molar-refractivity contribution in [3.63, 3.8) is 0 Å². The zero-order chi connectivity index (χ0) is 30.9. The van der Waals surface area contributed by atoms with Crippen molar-refractivity contribution in [3.05, 3.63) is 84.0 Å². The van der Waals surface area contributed by atoms with E-state index in [0.717, 1.165) is 49.7 Å². The maximum absolute atomic E-state index is 13.6. The van der Waals surface area contributed by atoms with Crippen LogP contribution in [-0.4, -0.2) is 36.0 Å². The lowest BCUT2D eigenvalue weighted by Crippen LogP contribution is -2.43. The molecule has 2 atom stereocenters. The van der Waals surface area contributed by atoms with Crippen molar-refractivity contribution in [1.29, 1.82) is 0 Å². The minimum atomic E-state index is -1.25. The summed E-state index contributed by atoms with van der Waals surface area (Å²) >= 11 is 0. The van der Waals surface area contributed by atoms with Gasteiger partial charge in [-0.3, -0.25) is 4.79 Å². The third kappa shape index (κ3) is 10.4. The first-order valence-corrected chi connectivity index (χ1v) is 15.5.